The molecular weight excluding hydrogens is 331 g/mol. The average molecular weight is 346 g/mol. The Morgan fingerprint density at radius 2 is 1.91 bits per heavy atom. The van der Waals surface area contributed by atoms with Gasteiger partial charge in [0.15, 0.2) is 6.10 Å². The van der Waals surface area contributed by atoms with Gasteiger partial charge in [0, 0.05) is 6.07 Å². The third kappa shape index (κ3) is 4.63. The molecule has 1 heterocycles. The molecule has 1 aliphatic heterocycles. The molecule has 2 rings (SSSR count). The number of amides is 1. The number of hydrogen-bond acceptors (Lipinski definition) is 5. The van der Waals surface area contributed by atoms with E-state index in [2.05, 4.69) is 10.0 Å². The summed E-state index contributed by atoms with van der Waals surface area (Å²) < 4.78 is 43.0. The molecule has 1 saturated heterocycles. The van der Waals surface area contributed by atoms with Gasteiger partial charge < -0.3 is 15.2 Å². The number of rotatable bonds is 5. The highest BCUT2D eigenvalue weighted by Gasteiger charge is 2.35. The summed E-state index contributed by atoms with van der Waals surface area (Å²) in [5.74, 6) is -2.46. The highest BCUT2D eigenvalue weighted by Crippen LogP contribution is 2.26. The van der Waals surface area contributed by atoms with E-state index in [9.17, 15) is 22.4 Å². The summed E-state index contributed by atoms with van der Waals surface area (Å²) in [7, 11) is -3.67. The minimum atomic E-state index is -3.67. The lowest BCUT2D eigenvalue weighted by Crippen LogP contribution is -2.30. The van der Waals surface area contributed by atoms with Gasteiger partial charge in [-0.2, -0.15) is 0 Å². The maximum absolute atomic E-state index is 13.3. The predicted octanol–water partition coefficient (Wildman–Crippen LogP) is 0.768. The minimum absolute atomic E-state index is 0.0456. The number of carboxylic acid groups (broad SMARTS) is 1. The number of anilines is 2. The molecule has 126 valence electrons. The molecule has 0 unspecified atom stereocenters. The van der Waals surface area contributed by atoms with E-state index in [1.165, 1.54) is 6.07 Å². The summed E-state index contributed by atoms with van der Waals surface area (Å²) in [6, 6.07) is 3.18. The molecule has 10 heteroatoms. The second kappa shape index (κ2) is 6.50. The fourth-order valence-corrected chi connectivity index (χ4v) is 2.70. The Morgan fingerprint density at radius 1 is 1.26 bits per heavy atom. The van der Waals surface area contributed by atoms with Gasteiger partial charge in [-0.3, -0.25) is 9.52 Å². The van der Waals surface area contributed by atoms with E-state index in [1.807, 2.05) is 0 Å². The summed E-state index contributed by atoms with van der Waals surface area (Å²) in [6.45, 7) is 0. The number of carboxylic acids is 1. The fourth-order valence-electron chi connectivity index (χ4n) is 2.13. The SMILES string of the molecule is CS(=O)(=O)Nc1cc(F)ccc1NC(=O)[C@@H]1CC[C@H](C(=O)O)O1. The van der Waals surface area contributed by atoms with Crippen LogP contribution in [-0.2, 0) is 24.3 Å². The Hall–Kier alpha value is -2.20. The molecule has 8 nitrogen and oxygen atoms in total. The normalized spacial score (nSPS) is 21.0. The van der Waals surface area contributed by atoms with Crippen LogP contribution in [0.25, 0.3) is 0 Å². The van der Waals surface area contributed by atoms with Gasteiger partial charge in [-0.05, 0) is 25.0 Å². The molecule has 2 atom stereocenters. The monoisotopic (exact) mass is 346 g/mol. The van der Waals surface area contributed by atoms with Gasteiger partial charge in [0.2, 0.25) is 10.0 Å². The number of ether oxygens (including phenoxy) is 1. The van der Waals surface area contributed by atoms with Crippen LogP contribution in [0, 0.1) is 5.82 Å². The van der Waals surface area contributed by atoms with E-state index >= 15 is 0 Å². The van der Waals surface area contributed by atoms with Crippen LogP contribution in [0.1, 0.15) is 12.8 Å². The number of benzene rings is 1. The van der Waals surface area contributed by atoms with Crippen LogP contribution in [0.5, 0.6) is 0 Å². The number of sulfonamides is 1. The van der Waals surface area contributed by atoms with Crippen molar-refractivity contribution in [3.8, 4) is 0 Å². The van der Waals surface area contributed by atoms with Gasteiger partial charge in [0.25, 0.3) is 5.91 Å². The Morgan fingerprint density at radius 3 is 2.48 bits per heavy atom. The van der Waals surface area contributed by atoms with Crippen LogP contribution in [0.2, 0.25) is 0 Å². The number of aliphatic carboxylic acids is 1. The Labute approximate surface area is 131 Å². The maximum Gasteiger partial charge on any atom is 0.332 e. The molecule has 0 saturated carbocycles. The predicted molar refractivity (Wildman–Crippen MR) is 79.0 cm³/mol. The summed E-state index contributed by atoms with van der Waals surface area (Å²) in [5.41, 5.74) is -0.0853. The van der Waals surface area contributed by atoms with Crippen molar-refractivity contribution in [3.05, 3.63) is 24.0 Å². The maximum atomic E-state index is 13.3. The van der Waals surface area contributed by atoms with Crippen molar-refractivity contribution in [3.63, 3.8) is 0 Å². The lowest BCUT2D eigenvalue weighted by atomic mass is 10.2. The second-order valence-electron chi connectivity index (χ2n) is 5.08. The first-order valence-corrected chi connectivity index (χ1v) is 8.51. The van der Waals surface area contributed by atoms with Crippen LogP contribution in [0.4, 0.5) is 15.8 Å². The molecule has 23 heavy (non-hydrogen) atoms. The van der Waals surface area contributed by atoms with Crippen molar-refractivity contribution in [2.24, 2.45) is 0 Å². The molecule has 0 radical (unpaired) electrons. The largest absolute Gasteiger partial charge is 0.479 e. The van der Waals surface area contributed by atoms with Crippen molar-refractivity contribution in [1.82, 2.24) is 0 Å². The van der Waals surface area contributed by atoms with Crippen LogP contribution < -0.4 is 10.0 Å². The number of carbonyl (C=O) groups excluding carboxylic acids is 1. The molecular formula is C13H15FN2O6S. The summed E-state index contributed by atoms with van der Waals surface area (Å²) >= 11 is 0. The molecule has 0 aromatic heterocycles. The van der Waals surface area contributed by atoms with E-state index in [0.717, 1.165) is 18.4 Å². The van der Waals surface area contributed by atoms with Crippen LogP contribution >= 0.6 is 0 Å². The Kier molecular flexibility index (Phi) is 4.85. The van der Waals surface area contributed by atoms with Crippen molar-refractivity contribution < 1.29 is 32.2 Å². The van der Waals surface area contributed by atoms with E-state index in [4.69, 9.17) is 9.84 Å². The van der Waals surface area contributed by atoms with E-state index in [-0.39, 0.29) is 24.2 Å². The van der Waals surface area contributed by atoms with Crippen LogP contribution in [-0.4, -0.2) is 43.9 Å². The Bertz CT molecular complexity index is 736. The van der Waals surface area contributed by atoms with Crippen LogP contribution in [0.3, 0.4) is 0 Å². The van der Waals surface area contributed by atoms with Crippen molar-refractivity contribution in [2.75, 3.05) is 16.3 Å². The van der Waals surface area contributed by atoms with Gasteiger partial charge in [-0.15, -0.1) is 0 Å². The quantitative estimate of drug-likeness (QED) is 0.724. The second-order valence-corrected chi connectivity index (χ2v) is 6.83. The smallest absolute Gasteiger partial charge is 0.332 e. The molecule has 0 aliphatic carbocycles. The molecule has 1 aromatic carbocycles. The van der Waals surface area contributed by atoms with E-state index in [1.54, 1.807) is 0 Å². The van der Waals surface area contributed by atoms with Gasteiger partial charge in [0.05, 0.1) is 17.6 Å². The average Bonchev–Trinajstić information content (AvgIpc) is 2.90. The third-order valence-electron chi connectivity index (χ3n) is 3.12. The highest BCUT2D eigenvalue weighted by atomic mass is 32.2. The van der Waals surface area contributed by atoms with Gasteiger partial charge in [-0.1, -0.05) is 0 Å². The molecule has 1 aliphatic rings. The standard InChI is InChI=1S/C13H15FN2O6S/c1-23(20,21)16-9-6-7(14)2-3-8(9)15-12(17)10-4-5-11(22-10)13(18)19/h2-3,6,10-11,16H,4-5H2,1H3,(H,15,17)(H,18,19)/t10-,11+/m0/s1. The van der Waals surface area contributed by atoms with E-state index < -0.39 is 39.9 Å². The zero-order valence-electron chi connectivity index (χ0n) is 12.1. The summed E-state index contributed by atoms with van der Waals surface area (Å²) in [4.78, 5) is 22.9. The van der Waals surface area contributed by atoms with Crippen molar-refractivity contribution in [1.29, 1.82) is 0 Å². The summed E-state index contributed by atoms with van der Waals surface area (Å²) in [6.07, 6.45) is -0.703. The van der Waals surface area contributed by atoms with Crippen LogP contribution in [0.15, 0.2) is 18.2 Å². The lowest BCUT2D eigenvalue weighted by Gasteiger charge is -2.15. The molecule has 1 aromatic rings. The van der Waals surface area contributed by atoms with Crippen molar-refractivity contribution >= 4 is 33.3 Å². The lowest BCUT2D eigenvalue weighted by molar-refractivity contribution is -0.150. The first-order chi connectivity index (χ1) is 10.7. The number of hydrogen-bond donors (Lipinski definition) is 3. The van der Waals surface area contributed by atoms with Gasteiger partial charge in [0.1, 0.15) is 11.9 Å². The third-order valence-corrected chi connectivity index (χ3v) is 3.71. The fraction of sp³-hybridized carbons (Fsp3) is 0.385. The first kappa shape index (κ1) is 17.2. The van der Waals surface area contributed by atoms with Crippen molar-refractivity contribution in [2.45, 2.75) is 25.0 Å². The minimum Gasteiger partial charge on any atom is -0.479 e. The van der Waals surface area contributed by atoms with E-state index in [0.29, 0.717) is 0 Å². The number of nitrogens with one attached hydrogen (secondary N) is 2. The highest BCUT2D eigenvalue weighted by molar-refractivity contribution is 7.92. The zero-order chi connectivity index (χ0) is 17.2. The first-order valence-electron chi connectivity index (χ1n) is 6.62. The summed E-state index contributed by atoms with van der Waals surface area (Å²) in [5, 5.41) is 11.2. The molecule has 3 N–H and O–H groups in total. The van der Waals surface area contributed by atoms with Gasteiger partial charge >= 0.3 is 5.97 Å². The molecule has 1 amide bonds. The molecule has 0 bridgehead atoms. The Balaban J connectivity index is 2.14. The topological polar surface area (TPSA) is 122 Å². The zero-order valence-corrected chi connectivity index (χ0v) is 12.9. The molecule has 1 fully saturated rings. The number of halogens is 1. The van der Waals surface area contributed by atoms with Gasteiger partial charge in [-0.25, -0.2) is 17.6 Å². The number of carbonyl (C=O) groups is 2. The molecule has 0 spiro atoms.